The van der Waals surface area contributed by atoms with Gasteiger partial charge in [-0.15, -0.1) is 0 Å². The Bertz CT molecular complexity index is 480. The van der Waals surface area contributed by atoms with Crippen LogP contribution in [0.3, 0.4) is 0 Å². The molecule has 2 atom stereocenters. The fraction of sp³-hybridized carbons (Fsp3) is 0.647. The van der Waals surface area contributed by atoms with E-state index in [2.05, 4.69) is 36.7 Å². The van der Waals surface area contributed by atoms with Crippen LogP contribution in [0.5, 0.6) is 0 Å². The molecule has 0 aromatic heterocycles. The molecule has 1 aromatic carbocycles. The third-order valence-electron chi connectivity index (χ3n) is 4.66. The second kappa shape index (κ2) is 5.76. The fourth-order valence-corrected chi connectivity index (χ4v) is 4.12. The van der Waals surface area contributed by atoms with Gasteiger partial charge in [0.1, 0.15) is 5.82 Å². The number of benzene rings is 1. The lowest BCUT2D eigenvalue weighted by atomic mass is 9.61. The molecule has 0 aliphatic heterocycles. The highest BCUT2D eigenvalue weighted by Crippen LogP contribution is 2.44. The van der Waals surface area contributed by atoms with Crippen molar-refractivity contribution in [1.82, 2.24) is 0 Å². The van der Waals surface area contributed by atoms with E-state index in [1.165, 1.54) is 12.5 Å². The Morgan fingerprint density at radius 1 is 1.35 bits per heavy atom. The van der Waals surface area contributed by atoms with Crippen molar-refractivity contribution < 1.29 is 4.39 Å². The van der Waals surface area contributed by atoms with Crippen LogP contribution in [0, 0.1) is 17.2 Å². The highest BCUT2D eigenvalue weighted by molar-refractivity contribution is 9.10. The summed E-state index contributed by atoms with van der Waals surface area (Å²) in [6.45, 7) is 6.76. The Hall–Kier alpha value is -0.410. The van der Waals surface area contributed by atoms with Gasteiger partial charge in [-0.2, -0.15) is 0 Å². The molecule has 0 heterocycles. The average molecular weight is 342 g/mol. The Morgan fingerprint density at radius 2 is 2.05 bits per heavy atom. The smallest absolute Gasteiger partial charge is 0.127 e. The summed E-state index contributed by atoms with van der Waals surface area (Å²) < 4.78 is 14.9. The van der Waals surface area contributed by atoms with E-state index in [1.54, 1.807) is 0 Å². The maximum Gasteiger partial charge on any atom is 0.127 e. The van der Waals surface area contributed by atoms with E-state index >= 15 is 0 Å². The molecule has 2 unspecified atom stereocenters. The minimum absolute atomic E-state index is 0.151. The van der Waals surface area contributed by atoms with Gasteiger partial charge in [-0.05, 0) is 48.3 Å². The zero-order valence-corrected chi connectivity index (χ0v) is 14.3. The summed E-state index contributed by atoms with van der Waals surface area (Å²) in [5.41, 5.74) is 7.37. The molecule has 112 valence electrons. The van der Waals surface area contributed by atoms with Gasteiger partial charge in [0.05, 0.1) is 0 Å². The molecular formula is C17H25BrFN. The van der Waals surface area contributed by atoms with Gasteiger partial charge in [0, 0.05) is 10.0 Å². The summed E-state index contributed by atoms with van der Waals surface area (Å²) in [7, 11) is 0. The van der Waals surface area contributed by atoms with Crippen molar-refractivity contribution in [3.63, 3.8) is 0 Å². The van der Waals surface area contributed by atoms with Crippen LogP contribution in [0.2, 0.25) is 0 Å². The Balaban J connectivity index is 2.28. The maximum absolute atomic E-state index is 14.1. The molecule has 2 rings (SSSR count). The summed E-state index contributed by atoms with van der Waals surface area (Å²) in [6.07, 6.45) is 5.17. The van der Waals surface area contributed by atoms with Crippen molar-refractivity contribution in [2.24, 2.45) is 17.1 Å². The number of halogens is 2. The second-order valence-corrected chi connectivity index (χ2v) is 8.23. The van der Waals surface area contributed by atoms with Crippen molar-refractivity contribution in [3.8, 4) is 0 Å². The molecule has 1 aromatic rings. The molecule has 20 heavy (non-hydrogen) atoms. The highest BCUT2D eigenvalue weighted by Gasteiger charge is 2.43. The predicted molar refractivity (Wildman–Crippen MR) is 86.1 cm³/mol. The molecule has 2 N–H and O–H groups in total. The molecule has 1 aliphatic carbocycles. The van der Waals surface area contributed by atoms with Gasteiger partial charge >= 0.3 is 0 Å². The van der Waals surface area contributed by atoms with Gasteiger partial charge in [0.25, 0.3) is 0 Å². The van der Waals surface area contributed by atoms with E-state index in [9.17, 15) is 4.39 Å². The van der Waals surface area contributed by atoms with Gasteiger partial charge in [-0.25, -0.2) is 4.39 Å². The highest BCUT2D eigenvalue weighted by atomic mass is 79.9. The molecule has 0 spiro atoms. The molecule has 3 heteroatoms. The zero-order chi connectivity index (χ0) is 15.0. The number of nitrogens with two attached hydrogens (primary N) is 1. The van der Waals surface area contributed by atoms with Crippen molar-refractivity contribution in [2.75, 3.05) is 0 Å². The van der Waals surface area contributed by atoms with Crippen LogP contribution >= 0.6 is 15.9 Å². The molecule has 0 amide bonds. The monoisotopic (exact) mass is 341 g/mol. The predicted octanol–water partition coefficient (Wildman–Crippen LogP) is 5.06. The van der Waals surface area contributed by atoms with E-state index in [4.69, 9.17) is 5.73 Å². The van der Waals surface area contributed by atoms with Gasteiger partial charge in [0.2, 0.25) is 0 Å². The first-order chi connectivity index (χ1) is 9.22. The zero-order valence-electron chi connectivity index (χ0n) is 12.7. The average Bonchev–Trinajstić information content (AvgIpc) is 2.32. The molecule has 1 saturated carbocycles. The van der Waals surface area contributed by atoms with E-state index in [0.717, 1.165) is 29.3 Å². The molecular weight excluding hydrogens is 317 g/mol. The van der Waals surface area contributed by atoms with E-state index < -0.39 is 0 Å². The fourth-order valence-electron chi connectivity index (χ4n) is 3.79. The van der Waals surface area contributed by atoms with Crippen molar-refractivity contribution in [1.29, 1.82) is 0 Å². The van der Waals surface area contributed by atoms with Gasteiger partial charge in [-0.3, -0.25) is 0 Å². The van der Waals surface area contributed by atoms with Crippen LogP contribution in [0.1, 0.15) is 52.0 Å². The Labute approximate surface area is 130 Å². The lowest BCUT2D eigenvalue weighted by Crippen LogP contribution is -2.55. The van der Waals surface area contributed by atoms with Crippen LogP contribution in [-0.2, 0) is 6.42 Å². The van der Waals surface area contributed by atoms with Gasteiger partial charge in [0.15, 0.2) is 0 Å². The molecule has 0 radical (unpaired) electrons. The third-order valence-corrected chi connectivity index (χ3v) is 5.15. The minimum atomic E-state index is -0.287. The van der Waals surface area contributed by atoms with E-state index in [0.29, 0.717) is 12.3 Å². The summed E-state index contributed by atoms with van der Waals surface area (Å²) in [5.74, 6) is 0.286. The first-order valence-electron chi connectivity index (χ1n) is 7.45. The number of hydrogen-bond acceptors (Lipinski definition) is 1. The SMILES string of the molecule is CC(C)(C)C1CCCCC1(N)Cc1ccc(Br)cc1F. The second-order valence-electron chi connectivity index (χ2n) is 7.31. The van der Waals surface area contributed by atoms with Gasteiger partial charge < -0.3 is 5.73 Å². The molecule has 1 fully saturated rings. The molecule has 1 aliphatic rings. The van der Waals surface area contributed by atoms with Gasteiger partial charge in [-0.1, -0.05) is 55.6 Å². The van der Waals surface area contributed by atoms with Crippen molar-refractivity contribution >= 4 is 15.9 Å². The summed E-state index contributed by atoms with van der Waals surface area (Å²) >= 11 is 3.31. The van der Waals surface area contributed by atoms with Crippen LogP contribution in [-0.4, -0.2) is 5.54 Å². The molecule has 0 bridgehead atoms. The normalized spacial score (nSPS) is 27.6. The Kier molecular flexibility index (Phi) is 4.60. The van der Waals surface area contributed by atoms with Crippen molar-refractivity contribution in [3.05, 3.63) is 34.1 Å². The molecule has 1 nitrogen and oxygen atoms in total. The number of rotatable bonds is 2. The first-order valence-corrected chi connectivity index (χ1v) is 8.24. The summed E-state index contributed by atoms with van der Waals surface area (Å²) in [5, 5.41) is 0. The lowest BCUT2D eigenvalue weighted by Gasteiger charge is -2.48. The largest absolute Gasteiger partial charge is 0.325 e. The lowest BCUT2D eigenvalue weighted by molar-refractivity contribution is 0.0787. The van der Waals surface area contributed by atoms with Crippen LogP contribution in [0.15, 0.2) is 22.7 Å². The summed E-state index contributed by atoms with van der Waals surface area (Å²) in [6, 6.07) is 5.30. The van der Waals surface area contributed by atoms with Crippen LogP contribution in [0.25, 0.3) is 0 Å². The quantitative estimate of drug-likeness (QED) is 0.798. The standard InChI is InChI=1S/C17H25BrFN/c1-16(2,3)15-6-4-5-9-17(15,20)11-12-7-8-13(18)10-14(12)19/h7-8,10,15H,4-6,9,11,20H2,1-3H3. The van der Waals surface area contributed by atoms with E-state index in [-0.39, 0.29) is 16.8 Å². The minimum Gasteiger partial charge on any atom is -0.325 e. The van der Waals surface area contributed by atoms with Crippen LogP contribution in [0.4, 0.5) is 4.39 Å². The topological polar surface area (TPSA) is 26.0 Å². The van der Waals surface area contributed by atoms with Crippen molar-refractivity contribution in [2.45, 2.75) is 58.4 Å². The maximum atomic E-state index is 14.1. The first kappa shape index (κ1) is 16.0. The number of hydrogen-bond donors (Lipinski definition) is 1. The third kappa shape index (κ3) is 3.43. The summed E-state index contributed by atoms with van der Waals surface area (Å²) in [4.78, 5) is 0. The van der Waals surface area contributed by atoms with Crippen LogP contribution < -0.4 is 5.73 Å². The Morgan fingerprint density at radius 3 is 2.65 bits per heavy atom. The van der Waals surface area contributed by atoms with E-state index in [1.807, 2.05) is 12.1 Å². The molecule has 0 saturated heterocycles.